The minimum atomic E-state index is -0.314. The van der Waals surface area contributed by atoms with Crippen LogP contribution in [0.1, 0.15) is 23.1 Å². The lowest BCUT2D eigenvalue weighted by Crippen LogP contribution is -2.11. The Hall–Kier alpha value is -3.31. The number of hydrogen-bond acceptors (Lipinski definition) is 3. The largest absolute Gasteiger partial charge is 0.497 e. The molecular formula is C26H22FNO2S. The van der Waals surface area contributed by atoms with Gasteiger partial charge in [0, 0.05) is 10.6 Å². The molecule has 1 amide bonds. The molecule has 0 bridgehead atoms. The topological polar surface area (TPSA) is 38.3 Å². The minimum Gasteiger partial charge on any atom is -0.497 e. The van der Waals surface area contributed by atoms with Crippen molar-refractivity contribution in [1.82, 2.24) is 0 Å². The summed E-state index contributed by atoms with van der Waals surface area (Å²) < 4.78 is 19.1. The van der Waals surface area contributed by atoms with Gasteiger partial charge in [-0.2, -0.15) is 0 Å². The minimum absolute atomic E-state index is 0.155. The zero-order chi connectivity index (χ0) is 21.8. The van der Waals surface area contributed by atoms with Crippen molar-refractivity contribution in [3.05, 3.63) is 95.3 Å². The van der Waals surface area contributed by atoms with Crippen LogP contribution in [0.4, 0.5) is 10.1 Å². The van der Waals surface area contributed by atoms with E-state index in [-0.39, 0.29) is 18.1 Å². The molecular weight excluding hydrogens is 409 g/mol. The van der Waals surface area contributed by atoms with Gasteiger partial charge in [-0.3, -0.25) is 4.79 Å². The van der Waals surface area contributed by atoms with Gasteiger partial charge in [0.25, 0.3) is 0 Å². The van der Waals surface area contributed by atoms with E-state index in [0.717, 1.165) is 33.6 Å². The normalized spacial score (nSPS) is 13.6. The monoisotopic (exact) mass is 431 g/mol. The Morgan fingerprint density at radius 1 is 1.03 bits per heavy atom. The Bertz CT molecular complexity index is 1170. The van der Waals surface area contributed by atoms with Gasteiger partial charge in [0.15, 0.2) is 0 Å². The van der Waals surface area contributed by atoms with Crippen LogP contribution < -0.4 is 10.1 Å². The molecule has 156 valence electrons. The van der Waals surface area contributed by atoms with Crippen LogP contribution in [-0.2, 0) is 4.79 Å². The molecule has 31 heavy (non-hydrogen) atoms. The molecule has 0 saturated carbocycles. The van der Waals surface area contributed by atoms with E-state index in [2.05, 4.69) is 35.7 Å². The molecule has 0 saturated heterocycles. The standard InChI is InChI=1S/C26H22FNO2S/c1-30-22-8-6-21(7-9-22)28-26(29)15-19-14-18(24-12-5-20(27)16-25(19)24)13-17-3-10-23(31-2)11-4-17/h3-14,16H,15H2,1-2H3,(H,28,29)/b18-13+. The van der Waals surface area contributed by atoms with Gasteiger partial charge in [0.1, 0.15) is 11.6 Å². The van der Waals surface area contributed by atoms with Crippen LogP contribution in [-0.4, -0.2) is 19.3 Å². The number of fused-ring (bicyclic) bond motifs is 1. The van der Waals surface area contributed by atoms with Crippen LogP contribution in [0.3, 0.4) is 0 Å². The second-order valence-corrected chi connectivity index (χ2v) is 8.07. The van der Waals surface area contributed by atoms with Crippen LogP contribution in [0, 0.1) is 5.82 Å². The molecule has 1 aliphatic carbocycles. The molecule has 0 spiro atoms. The van der Waals surface area contributed by atoms with Gasteiger partial charge in [-0.25, -0.2) is 4.39 Å². The molecule has 0 aromatic heterocycles. The molecule has 0 unspecified atom stereocenters. The quantitative estimate of drug-likeness (QED) is 0.451. The molecule has 0 heterocycles. The number of nitrogens with one attached hydrogen (secondary N) is 1. The second-order valence-electron chi connectivity index (χ2n) is 7.19. The number of halogens is 1. The Morgan fingerprint density at radius 3 is 2.45 bits per heavy atom. The lowest BCUT2D eigenvalue weighted by Gasteiger charge is -2.08. The predicted octanol–water partition coefficient (Wildman–Crippen LogP) is 6.52. The van der Waals surface area contributed by atoms with Crippen LogP contribution >= 0.6 is 11.8 Å². The van der Waals surface area contributed by atoms with E-state index in [1.165, 1.54) is 17.0 Å². The zero-order valence-electron chi connectivity index (χ0n) is 17.3. The number of rotatable bonds is 6. The van der Waals surface area contributed by atoms with Gasteiger partial charge in [0.05, 0.1) is 13.5 Å². The fourth-order valence-corrected chi connectivity index (χ4v) is 3.98. The summed E-state index contributed by atoms with van der Waals surface area (Å²) in [6, 6.07) is 20.2. The highest BCUT2D eigenvalue weighted by Gasteiger charge is 2.21. The Kier molecular flexibility index (Phi) is 6.23. The zero-order valence-corrected chi connectivity index (χ0v) is 18.1. The third kappa shape index (κ3) is 4.89. The first-order valence-corrected chi connectivity index (χ1v) is 11.1. The van der Waals surface area contributed by atoms with Crippen molar-refractivity contribution in [2.45, 2.75) is 11.3 Å². The van der Waals surface area contributed by atoms with Gasteiger partial charge in [0.2, 0.25) is 5.91 Å². The third-order valence-electron chi connectivity index (χ3n) is 5.13. The molecule has 3 aromatic rings. The molecule has 0 fully saturated rings. The number of carbonyl (C=O) groups is 1. The Morgan fingerprint density at radius 2 is 1.77 bits per heavy atom. The summed E-state index contributed by atoms with van der Waals surface area (Å²) in [5, 5.41) is 2.89. The van der Waals surface area contributed by atoms with Crippen molar-refractivity contribution in [2.75, 3.05) is 18.7 Å². The Balaban J connectivity index is 1.58. The summed E-state index contributed by atoms with van der Waals surface area (Å²) in [5.74, 6) is 0.254. The van der Waals surface area contributed by atoms with Gasteiger partial charge >= 0.3 is 0 Å². The number of thioether (sulfide) groups is 1. The van der Waals surface area contributed by atoms with E-state index < -0.39 is 0 Å². The van der Waals surface area contributed by atoms with E-state index in [9.17, 15) is 9.18 Å². The van der Waals surface area contributed by atoms with Gasteiger partial charge in [-0.1, -0.05) is 18.2 Å². The maximum Gasteiger partial charge on any atom is 0.228 e. The van der Waals surface area contributed by atoms with Gasteiger partial charge in [-0.05, 0) is 94.8 Å². The lowest BCUT2D eigenvalue weighted by molar-refractivity contribution is -0.115. The SMILES string of the molecule is COc1ccc(NC(=O)CC2=C/C(=C\c3ccc(SC)cc3)c3ccc(F)cc32)cc1. The Labute approximate surface area is 185 Å². The number of benzene rings is 3. The lowest BCUT2D eigenvalue weighted by atomic mass is 10.0. The summed E-state index contributed by atoms with van der Waals surface area (Å²) in [7, 11) is 1.60. The average molecular weight is 432 g/mol. The number of allylic oxidation sites excluding steroid dienone is 2. The summed E-state index contributed by atoms with van der Waals surface area (Å²) in [5.41, 5.74) is 5.21. The van der Waals surface area contributed by atoms with Crippen LogP contribution in [0.5, 0.6) is 5.75 Å². The smallest absolute Gasteiger partial charge is 0.228 e. The van der Waals surface area contributed by atoms with Crippen LogP contribution in [0.2, 0.25) is 0 Å². The van der Waals surface area contributed by atoms with E-state index in [1.807, 2.05) is 12.3 Å². The van der Waals surface area contributed by atoms with Crippen molar-refractivity contribution < 1.29 is 13.9 Å². The van der Waals surface area contributed by atoms with Gasteiger partial charge < -0.3 is 10.1 Å². The number of ether oxygens (including phenoxy) is 1. The van der Waals surface area contributed by atoms with Crippen molar-refractivity contribution in [3.8, 4) is 5.75 Å². The average Bonchev–Trinajstić information content (AvgIpc) is 3.10. The molecule has 4 rings (SSSR count). The first-order valence-electron chi connectivity index (χ1n) is 9.86. The number of anilines is 1. The molecule has 3 nitrogen and oxygen atoms in total. The number of hydrogen-bond donors (Lipinski definition) is 1. The van der Waals surface area contributed by atoms with Crippen molar-refractivity contribution in [3.63, 3.8) is 0 Å². The van der Waals surface area contributed by atoms with E-state index in [4.69, 9.17) is 4.74 Å². The molecule has 1 aliphatic rings. The van der Waals surface area contributed by atoms with Crippen LogP contribution in [0.15, 0.2) is 77.7 Å². The molecule has 0 atom stereocenters. The first-order chi connectivity index (χ1) is 15.1. The molecule has 1 N–H and O–H groups in total. The molecule has 0 radical (unpaired) electrons. The predicted molar refractivity (Wildman–Crippen MR) is 127 cm³/mol. The fraction of sp³-hybridized carbons (Fsp3) is 0.115. The highest BCUT2D eigenvalue weighted by Crippen LogP contribution is 2.38. The van der Waals surface area contributed by atoms with Gasteiger partial charge in [-0.15, -0.1) is 11.8 Å². The second kappa shape index (κ2) is 9.23. The molecule has 0 aliphatic heterocycles. The fourth-order valence-electron chi connectivity index (χ4n) is 3.57. The summed E-state index contributed by atoms with van der Waals surface area (Å²) in [6.07, 6.45) is 6.24. The highest BCUT2D eigenvalue weighted by molar-refractivity contribution is 7.98. The van der Waals surface area contributed by atoms with Crippen molar-refractivity contribution >= 4 is 40.6 Å². The summed E-state index contributed by atoms with van der Waals surface area (Å²) >= 11 is 1.69. The number of amides is 1. The number of methoxy groups -OCH3 is 1. The van der Waals surface area contributed by atoms with Crippen molar-refractivity contribution in [1.29, 1.82) is 0 Å². The number of carbonyl (C=O) groups excluding carboxylic acids is 1. The van der Waals surface area contributed by atoms with Crippen LogP contribution in [0.25, 0.3) is 17.2 Å². The van der Waals surface area contributed by atoms with E-state index in [0.29, 0.717) is 5.69 Å². The first kappa shape index (κ1) is 20.9. The highest BCUT2D eigenvalue weighted by atomic mass is 32.2. The molecule has 5 heteroatoms. The maximum atomic E-state index is 14.0. The third-order valence-corrected chi connectivity index (χ3v) is 5.87. The van der Waals surface area contributed by atoms with E-state index >= 15 is 0 Å². The maximum absolute atomic E-state index is 14.0. The summed E-state index contributed by atoms with van der Waals surface area (Å²) in [6.45, 7) is 0. The van der Waals surface area contributed by atoms with Crippen molar-refractivity contribution in [2.24, 2.45) is 0 Å². The van der Waals surface area contributed by atoms with E-state index in [1.54, 1.807) is 49.2 Å². The summed E-state index contributed by atoms with van der Waals surface area (Å²) in [4.78, 5) is 13.9. The molecule has 3 aromatic carbocycles.